The summed E-state index contributed by atoms with van der Waals surface area (Å²) in [5, 5.41) is 6.41. The molecule has 0 saturated carbocycles. The molecule has 0 spiro atoms. The van der Waals surface area contributed by atoms with Gasteiger partial charge >= 0.3 is 0 Å². The fourth-order valence-corrected chi connectivity index (χ4v) is 3.67. The number of hydrogen-bond acceptors (Lipinski definition) is 4. The van der Waals surface area contributed by atoms with Crippen LogP contribution in [0.4, 0.5) is 5.82 Å². The molecule has 0 radical (unpaired) electrons. The highest BCUT2D eigenvalue weighted by molar-refractivity contribution is 5.98. The summed E-state index contributed by atoms with van der Waals surface area (Å²) >= 11 is 0. The maximum absolute atomic E-state index is 12.7. The molecule has 1 amide bonds. The zero-order valence-corrected chi connectivity index (χ0v) is 16.9. The third-order valence-electron chi connectivity index (χ3n) is 5.04. The Morgan fingerprint density at radius 2 is 1.85 bits per heavy atom. The molecule has 2 aliphatic heterocycles. The number of aromatic nitrogens is 1. The van der Waals surface area contributed by atoms with Gasteiger partial charge in [-0.15, -0.1) is 24.8 Å². The fraction of sp³-hybridized carbons (Fsp3) is 0.400. The summed E-state index contributed by atoms with van der Waals surface area (Å²) in [4.78, 5) is 19.4. The Morgan fingerprint density at radius 3 is 2.67 bits per heavy atom. The van der Waals surface area contributed by atoms with Gasteiger partial charge in [0.1, 0.15) is 5.82 Å². The predicted molar refractivity (Wildman–Crippen MR) is 113 cm³/mol. The zero-order chi connectivity index (χ0) is 17.1. The maximum atomic E-state index is 12.7. The molecule has 0 aliphatic carbocycles. The lowest BCUT2D eigenvalue weighted by molar-refractivity contribution is 0.0951. The van der Waals surface area contributed by atoms with E-state index < -0.39 is 0 Å². The number of nitrogens with zero attached hydrogens (tertiary/aromatic N) is 2. The molecule has 146 valence electrons. The first-order valence-corrected chi connectivity index (χ1v) is 9.11. The van der Waals surface area contributed by atoms with Gasteiger partial charge in [0.15, 0.2) is 0 Å². The van der Waals surface area contributed by atoms with Gasteiger partial charge in [-0.3, -0.25) is 4.79 Å². The largest absolute Gasteiger partial charge is 0.356 e. The summed E-state index contributed by atoms with van der Waals surface area (Å²) in [5.41, 5.74) is 4.50. The van der Waals surface area contributed by atoms with Crippen molar-refractivity contribution < 1.29 is 4.79 Å². The van der Waals surface area contributed by atoms with Gasteiger partial charge in [0, 0.05) is 38.9 Å². The number of nitrogens with one attached hydrogen (secondary N) is 2. The van der Waals surface area contributed by atoms with Crippen LogP contribution in [0.5, 0.6) is 0 Å². The molecule has 0 unspecified atom stereocenters. The van der Waals surface area contributed by atoms with Crippen LogP contribution in [-0.2, 0) is 19.6 Å². The minimum absolute atomic E-state index is 0. The number of fused-ring (bicyclic) bond motifs is 1. The van der Waals surface area contributed by atoms with E-state index in [1.165, 1.54) is 30.4 Å². The van der Waals surface area contributed by atoms with Crippen molar-refractivity contribution >= 4 is 36.5 Å². The van der Waals surface area contributed by atoms with E-state index in [1.54, 1.807) is 6.20 Å². The monoisotopic (exact) mass is 408 g/mol. The van der Waals surface area contributed by atoms with E-state index in [0.717, 1.165) is 37.6 Å². The number of benzene rings is 1. The molecule has 1 fully saturated rings. The Morgan fingerprint density at radius 1 is 1.07 bits per heavy atom. The highest BCUT2D eigenvalue weighted by atomic mass is 35.5. The van der Waals surface area contributed by atoms with Crippen LogP contribution < -0.4 is 15.5 Å². The summed E-state index contributed by atoms with van der Waals surface area (Å²) in [5.74, 6) is 0.769. The van der Waals surface area contributed by atoms with Crippen LogP contribution in [-0.4, -0.2) is 24.0 Å². The number of anilines is 1. The molecule has 3 heterocycles. The standard InChI is InChI=1S/C20H24N4O.2ClH/c25-20(23-12-15-6-7-16-13-21-14-17(16)11-15)18-5-4-8-22-19(18)24-9-2-1-3-10-24;;/h4-8,11,21H,1-3,9-10,12-14H2,(H,23,25);2*1H. The number of piperidine rings is 1. The van der Waals surface area contributed by atoms with Crippen molar-refractivity contribution in [3.05, 3.63) is 58.8 Å². The molecule has 7 heteroatoms. The van der Waals surface area contributed by atoms with Gasteiger partial charge in [-0.25, -0.2) is 4.98 Å². The SMILES string of the molecule is Cl.Cl.O=C(NCc1ccc2c(c1)CNC2)c1cccnc1N1CCCCC1. The number of pyridine rings is 1. The van der Waals surface area contributed by atoms with Crippen LogP contribution in [0.25, 0.3) is 0 Å². The first-order valence-electron chi connectivity index (χ1n) is 9.11. The predicted octanol–water partition coefficient (Wildman–Crippen LogP) is 3.45. The summed E-state index contributed by atoms with van der Waals surface area (Å²) < 4.78 is 0. The second kappa shape index (κ2) is 9.93. The first kappa shape index (κ1) is 21.5. The molecule has 0 bridgehead atoms. The molecule has 2 N–H and O–H groups in total. The lowest BCUT2D eigenvalue weighted by atomic mass is 10.1. The van der Waals surface area contributed by atoms with Crippen molar-refractivity contribution in [1.82, 2.24) is 15.6 Å². The van der Waals surface area contributed by atoms with Crippen LogP contribution in [0.3, 0.4) is 0 Å². The van der Waals surface area contributed by atoms with Gasteiger partial charge in [-0.05, 0) is 48.1 Å². The van der Waals surface area contributed by atoms with E-state index in [4.69, 9.17) is 0 Å². The average Bonchev–Trinajstić information content (AvgIpc) is 3.14. The number of carbonyl (C=O) groups excluding carboxylic acids is 1. The summed E-state index contributed by atoms with van der Waals surface area (Å²) in [6, 6.07) is 10.1. The fourth-order valence-electron chi connectivity index (χ4n) is 3.67. The van der Waals surface area contributed by atoms with Crippen molar-refractivity contribution in [1.29, 1.82) is 0 Å². The number of hydrogen-bond donors (Lipinski definition) is 2. The summed E-state index contributed by atoms with van der Waals surface area (Å²) in [6.07, 6.45) is 5.37. The number of rotatable bonds is 4. The molecule has 1 aromatic heterocycles. The zero-order valence-electron chi connectivity index (χ0n) is 15.2. The van der Waals surface area contributed by atoms with Gasteiger partial charge < -0.3 is 15.5 Å². The minimum atomic E-state index is -0.0488. The minimum Gasteiger partial charge on any atom is -0.356 e. The van der Waals surface area contributed by atoms with E-state index in [1.807, 2.05) is 12.1 Å². The summed E-state index contributed by atoms with van der Waals surface area (Å²) in [6.45, 7) is 4.36. The van der Waals surface area contributed by atoms with E-state index in [0.29, 0.717) is 12.1 Å². The van der Waals surface area contributed by atoms with Crippen LogP contribution in [0.2, 0.25) is 0 Å². The van der Waals surface area contributed by atoms with E-state index in [-0.39, 0.29) is 30.7 Å². The average molecular weight is 409 g/mol. The Balaban J connectivity index is 0.00000131. The van der Waals surface area contributed by atoms with Crippen molar-refractivity contribution in [2.24, 2.45) is 0 Å². The van der Waals surface area contributed by atoms with Gasteiger partial charge in [0.25, 0.3) is 5.91 Å². The van der Waals surface area contributed by atoms with Crippen molar-refractivity contribution in [3.8, 4) is 0 Å². The second-order valence-corrected chi connectivity index (χ2v) is 6.81. The Kier molecular flexibility index (Phi) is 7.90. The van der Waals surface area contributed by atoms with Gasteiger partial charge in [-0.1, -0.05) is 18.2 Å². The van der Waals surface area contributed by atoms with Crippen molar-refractivity contribution in [2.45, 2.75) is 38.9 Å². The quantitative estimate of drug-likeness (QED) is 0.812. The molecular formula is C20H26Cl2N4O. The summed E-state index contributed by atoms with van der Waals surface area (Å²) in [7, 11) is 0. The third kappa shape index (κ3) is 4.92. The van der Waals surface area contributed by atoms with Crippen LogP contribution >= 0.6 is 24.8 Å². The Labute approximate surface area is 172 Å². The molecule has 27 heavy (non-hydrogen) atoms. The lowest BCUT2D eigenvalue weighted by Gasteiger charge is -2.29. The molecule has 2 aromatic rings. The maximum Gasteiger partial charge on any atom is 0.255 e. The normalized spacial score (nSPS) is 15.3. The molecule has 4 rings (SSSR count). The van der Waals surface area contributed by atoms with Gasteiger partial charge in [0.2, 0.25) is 0 Å². The molecule has 2 aliphatic rings. The van der Waals surface area contributed by atoms with E-state index in [9.17, 15) is 4.79 Å². The van der Waals surface area contributed by atoms with Gasteiger partial charge in [0.05, 0.1) is 5.56 Å². The number of amides is 1. The smallest absolute Gasteiger partial charge is 0.255 e. The van der Waals surface area contributed by atoms with Gasteiger partial charge in [-0.2, -0.15) is 0 Å². The van der Waals surface area contributed by atoms with E-state index in [2.05, 4.69) is 38.7 Å². The first-order chi connectivity index (χ1) is 12.3. The molecule has 5 nitrogen and oxygen atoms in total. The third-order valence-corrected chi connectivity index (χ3v) is 5.04. The highest BCUT2D eigenvalue weighted by Gasteiger charge is 2.19. The van der Waals surface area contributed by atoms with Crippen molar-refractivity contribution in [3.63, 3.8) is 0 Å². The Bertz CT molecular complexity index is 778. The number of carbonyl (C=O) groups is 1. The molecular weight excluding hydrogens is 383 g/mol. The van der Waals surface area contributed by atoms with Crippen molar-refractivity contribution in [2.75, 3.05) is 18.0 Å². The van der Waals surface area contributed by atoms with Crippen LogP contribution in [0.1, 0.15) is 46.3 Å². The van der Waals surface area contributed by atoms with Crippen LogP contribution in [0.15, 0.2) is 36.5 Å². The topological polar surface area (TPSA) is 57.3 Å². The molecule has 1 aromatic carbocycles. The molecule has 0 atom stereocenters. The second-order valence-electron chi connectivity index (χ2n) is 6.81. The number of halogens is 2. The van der Waals surface area contributed by atoms with Crippen LogP contribution in [0, 0.1) is 0 Å². The van der Waals surface area contributed by atoms with E-state index >= 15 is 0 Å². The lowest BCUT2D eigenvalue weighted by Crippen LogP contribution is -2.33. The Hall–Kier alpha value is -1.82. The highest BCUT2D eigenvalue weighted by Crippen LogP contribution is 2.22. The molecule has 1 saturated heterocycles.